The minimum atomic E-state index is 0.136. The summed E-state index contributed by atoms with van der Waals surface area (Å²) in [6, 6.07) is 3.78. The number of carbonyl (C=O) groups excluding carboxylic acids is 1. The summed E-state index contributed by atoms with van der Waals surface area (Å²) >= 11 is 3.44. The summed E-state index contributed by atoms with van der Waals surface area (Å²) in [7, 11) is 3.22. The molecule has 2 rings (SSSR count). The van der Waals surface area contributed by atoms with Gasteiger partial charge in [0.2, 0.25) is 0 Å². The molecule has 0 spiro atoms. The molecule has 1 aromatic carbocycles. The Bertz CT molecular complexity index is 485. The van der Waals surface area contributed by atoms with Gasteiger partial charge in [-0.25, -0.2) is 0 Å². The van der Waals surface area contributed by atoms with Crippen LogP contribution >= 0.6 is 15.9 Å². The summed E-state index contributed by atoms with van der Waals surface area (Å²) in [4.78, 5) is 12.4. The first kappa shape index (κ1) is 15.4. The molecule has 0 bridgehead atoms. The molecule has 0 unspecified atom stereocenters. The molecular weight excluding hydrogens is 320 g/mol. The van der Waals surface area contributed by atoms with Gasteiger partial charge in [-0.15, -0.1) is 0 Å². The highest BCUT2D eigenvalue weighted by Crippen LogP contribution is 2.38. The second kappa shape index (κ2) is 7.11. The fourth-order valence-electron chi connectivity index (χ4n) is 2.79. The van der Waals surface area contributed by atoms with Gasteiger partial charge in [0.1, 0.15) is 0 Å². The number of benzene rings is 1. The summed E-state index contributed by atoms with van der Waals surface area (Å²) in [6.45, 7) is 0. The number of methoxy groups -OCH3 is 2. The van der Waals surface area contributed by atoms with Crippen LogP contribution in [-0.2, 0) is 6.42 Å². The maximum absolute atomic E-state index is 12.4. The molecule has 0 amide bonds. The number of halogens is 1. The van der Waals surface area contributed by atoms with Crippen molar-refractivity contribution in [3.05, 3.63) is 23.3 Å². The Morgan fingerprint density at radius 3 is 2.50 bits per heavy atom. The normalized spacial score (nSPS) is 17.1. The van der Waals surface area contributed by atoms with E-state index >= 15 is 0 Å². The van der Waals surface area contributed by atoms with Crippen LogP contribution in [0, 0.1) is 5.92 Å². The van der Waals surface area contributed by atoms with Crippen molar-refractivity contribution < 1.29 is 14.3 Å². The van der Waals surface area contributed by atoms with Gasteiger partial charge in [0.05, 0.1) is 14.2 Å². The van der Waals surface area contributed by atoms with Crippen molar-refractivity contribution in [2.24, 2.45) is 5.92 Å². The third-order valence-corrected chi connectivity index (χ3v) is 4.46. The number of alkyl halides is 1. The number of fused-ring (bicyclic) bond motifs is 1. The maximum atomic E-state index is 12.4. The molecule has 20 heavy (non-hydrogen) atoms. The molecule has 0 N–H and O–H groups in total. The highest BCUT2D eigenvalue weighted by Gasteiger charge is 2.31. The Balaban J connectivity index is 2.08. The molecule has 1 aliphatic rings. The highest BCUT2D eigenvalue weighted by atomic mass is 79.9. The van der Waals surface area contributed by atoms with Crippen molar-refractivity contribution in [3.8, 4) is 11.5 Å². The summed E-state index contributed by atoms with van der Waals surface area (Å²) in [5.74, 6) is 1.75. The number of hydrogen-bond acceptors (Lipinski definition) is 3. The lowest BCUT2D eigenvalue weighted by Gasteiger charge is -2.09. The van der Waals surface area contributed by atoms with Gasteiger partial charge < -0.3 is 9.47 Å². The fraction of sp³-hybridized carbons (Fsp3) is 0.562. The summed E-state index contributed by atoms with van der Waals surface area (Å²) in [6.07, 6.45) is 5.28. The highest BCUT2D eigenvalue weighted by molar-refractivity contribution is 9.09. The van der Waals surface area contributed by atoms with Crippen LogP contribution in [0.25, 0.3) is 0 Å². The Morgan fingerprint density at radius 2 is 1.85 bits per heavy atom. The van der Waals surface area contributed by atoms with E-state index in [0.29, 0.717) is 11.5 Å². The zero-order valence-corrected chi connectivity index (χ0v) is 13.7. The molecule has 0 fully saturated rings. The molecule has 0 aliphatic heterocycles. The minimum absolute atomic E-state index is 0.136. The van der Waals surface area contributed by atoms with Crippen molar-refractivity contribution in [3.63, 3.8) is 0 Å². The zero-order chi connectivity index (χ0) is 14.5. The quantitative estimate of drug-likeness (QED) is 0.555. The van der Waals surface area contributed by atoms with E-state index in [1.54, 1.807) is 14.2 Å². The summed E-state index contributed by atoms with van der Waals surface area (Å²) in [5.41, 5.74) is 1.91. The second-order valence-corrected chi connectivity index (χ2v) is 5.96. The molecule has 0 saturated heterocycles. The molecule has 3 nitrogen and oxygen atoms in total. The molecule has 0 aromatic heterocycles. The van der Waals surface area contributed by atoms with Crippen LogP contribution in [0.5, 0.6) is 11.5 Å². The van der Waals surface area contributed by atoms with Crippen LogP contribution in [0.15, 0.2) is 12.1 Å². The van der Waals surface area contributed by atoms with Gasteiger partial charge in [-0.3, -0.25) is 4.79 Å². The molecule has 1 atom stereocenters. The van der Waals surface area contributed by atoms with Crippen LogP contribution in [0.1, 0.15) is 41.6 Å². The van der Waals surface area contributed by atoms with Crippen molar-refractivity contribution in [2.45, 2.75) is 32.1 Å². The fourth-order valence-corrected chi connectivity index (χ4v) is 3.19. The SMILES string of the molecule is COc1cc2c(cc1OC)C(=O)[C@@H](CCCCCBr)C2. The van der Waals surface area contributed by atoms with Gasteiger partial charge in [0.25, 0.3) is 0 Å². The predicted octanol–water partition coefficient (Wildman–Crippen LogP) is 4.01. The van der Waals surface area contributed by atoms with Gasteiger partial charge in [0.15, 0.2) is 17.3 Å². The predicted molar refractivity (Wildman–Crippen MR) is 83.3 cm³/mol. The number of ether oxygens (including phenoxy) is 2. The van der Waals surface area contributed by atoms with E-state index in [4.69, 9.17) is 9.47 Å². The van der Waals surface area contributed by atoms with Gasteiger partial charge in [0, 0.05) is 16.8 Å². The van der Waals surface area contributed by atoms with Crippen LogP contribution in [0.2, 0.25) is 0 Å². The Morgan fingerprint density at radius 1 is 1.15 bits per heavy atom. The van der Waals surface area contributed by atoms with Crippen LogP contribution in [0.4, 0.5) is 0 Å². The molecule has 1 aliphatic carbocycles. The van der Waals surface area contributed by atoms with Gasteiger partial charge >= 0.3 is 0 Å². The number of rotatable bonds is 7. The number of unbranched alkanes of at least 4 members (excludes halogenated alkanes) is 2. The first-order chi connectivity index (χ1) is 9.71. The average Bonchev–Trinajstić information content (AvgIpc) is 2.78. The number of hydrogen-bond donors (Lipinski definition) is 0. The third kappa shape index (κ3) is 3.17. The van der Waals surface area contributed by atoms with Crippen LogP contribution in [0.3, 0.4) is 0 Å². The molecule has 0 heterocycles. The third-order valence-electron chi connectivity index (χ3n) is 3.90. The first-order valence-corrected chi connectivity index (χ1v) is 8.18. The van der Waals surface area contributed by atoms with E-state index in [0.717, 1.165) is 35.7 Å². The van der Waals surface area contributed by atoms with Gasteiger partial charge in [-0.05, 0) is 37.0 Å². The van der Waals surface area contributed by atoms with Gasteiger partial charge in [-0.1, -0.05) is 28.8 Å². The van der Waals surface area contributed by atoms with Crippen LogP contribution in [-0.4, -0.2) is 25.3 Å². The van der Waals surface area contributed by atoms with E-state index in [-0.39, 0.29) is 11.7 Å². The van der Waals surface area contributed by atoms with E-state index < -0.39 is 0 Å². The van der Waals surface area contributed by atoms with Crippen LogP contribution < -0.4 is 9.47 Å². The Hall–Kier alpha value is -1.03. The smallest absolute Gasteiger partial charge is 0.166 e. The number of carbonyl (C=O) groups is 1. The molecule has 0 radical (unpaired) electrons. The van der Waals surface area contributed by atoms with E-state index in [9.17, 15) is 4.79 Å². The average molecular weight is 341 g/mol. The lowest BCUT2D eigenvalue weighted by atomic mass is 9.97. The Labute approximate surface area is 128 Å². The lowest BCUT2D eigenvalue weighted by Crippen LogP contribution is -2.08. The topological polar surface area (TPSA) is 35.5 Å². The van der Waals surface area contributed by atoms with Crippen molar-refractivity contribution in [1.29, 1.82) is 0 Å². The number of Topliss-reactive ketones (excluding diaryl/α,β-unsaturated/α-hetero) is 1. The molecule has 4 heteroatoms. The number of ketones is 1. The largest absolute Gasteiger partial charge is 0.493 e. The monoisotopic (exact) mass is 340 g/mol. The van der Waals surface area contributed by atoms with E-state index in [1.807, 2.05) is 12.1 Å². The maximum Gasteiger partial charge on any atom is 0.166 e. The van der Waals surface area contributed by atoms with E-state index in [1.165, 1.54) is 12.8 Å². The summed E-state index contributed by atoms with van der Waals surface area (Å²) < 4.78 is 10.6. The van der Waals surface area contributed by atoms with Crippen molar-refractivity contribution in [1.82, 2.24) is 0 Å². The van der Waals surface area contributed by atoms with Crippen molar-refractivity contribution >= 4 is 21.7 Å². The molecule has 0 saturated carbocycles. The summed E-state index contributed by atoms with van der Waals surface area (Å²) in [5, 5.41) is 1.04. The standard InChI is InChI=1S/C16H21BrO3/c1-19-14-9-12-8-11(6-4-3-5-7-17)16(18)13(12)10-15(14)20-2/h9-11H,3-8H2,1-2H3/t11-/m0/s1. The first-order valence-electron chi connectivity index (χ1n) is 7.06. The Kier molecular flexibility index (Phi) is 5.46. The van der Waals surface area contributed by atoms with E-state index in [2.05, 4.69) is 15.9 Å². The minimum Gasteiger partial charge on any atom is -0.493 e. The van der Waals surface area contributed by atoms with Crippen molar-refractivity contribution in [2.75, 3.05) is 19.5 Å². The zero-order valence-electron chi connectivity index (χ0n) is 12.1. The van der Waals surface area contributed by atoms with Gasteiger partial charge in [-0.2, -0.15) is 0 Å². The second-order valence-electron chi connectivity index (χ2n) is 5.17. The molecule has 110 valence electrons. The lowest BCUT2D eigenvalue weighted by molar-refractivity contribution is 0.0929. The molecular formula is C16H21BrO3. The molecule has 1 aromatic rings.